The average molecular weight is 429 g/mol. The average Bonchev–Trinajstić information content (AvgIpc) is 3.19. The highest BCUT2D eigenvalue weighted by molar-refractivity contribution is 7.89. The van der Waals surface area contributed by atoms with Crippen molar-refractivity contribution in [2.24, 2.45) is 11.1 Å². The summed E-state index contributed by atoms with van der Waals surface area (Å²) in [5.74, 6) is 1.57. The molecule has 0 aliphatic heterocycles. The highest BCUT2D eigenvalue weighted by atomic mass is 32.2. The van der Waals surface area contributed by atoms with Gasteiger partial charge in [0.25, 0.3) is 0 Å². The fraction of sp³-hybridized carbons (Fsp3) is 0.348. The quantitative estimate of drug-likeness (QED) is 0.583. The maximum atomic E-state index is 13.4. The molecule has 30 heavy (non-hydrogen) atoms. The molecule has 1 fully saturated rings. The normalized spacial score (nSPS) is 16.5. The van der Waals surface area contributed by atoms with Crippen LogP contribution in [0.5, 0.6) is 0 Å². The van der Waals surface area contributed by atoms with Crippen LogP contribution in [0, 0.1) is 11.7 Å². The first-order valence-electron chi connectivity index (χ1n) is 10.2. The molecule has 1 aromatic heterocycles. The van der Waals surface area contributed by atoms with E-state index in [-0.39, 0.29) is 16.6 Å². The number of hydrogen-bond acceptors (Lipinski definition) is 4. The van der Waals surface area contributed by atoms with Crippen molar-refractivity contribution in [1.29, 1.82) is 0 Å². The van der Waals surface area contributed by atoms with E-state index < -0.39 is 10.0 Å². The first-order valence-corrected chi connectivity index (χ1v) is 11.8. The molecule has 2 N–H and O–H groups in total. The number of nitrogens with zero attached hydrogens (tertiary/aromatic N) is 1. The largest absolute Gasteiger partial charge is 0.440 e. The van der Waals surface area contributed by atoms with Crippen LogP contribution in [0.4, 0.5) is 4.39 Å². The Bertz CT molecular complexity index is 1120. The van der Waals surface area contributed by atoms with E-state index in [1.165, 1.54) is 43.5 Å². The zero-order valence-electron chi connectivity index (χ0n) is 16.8. The number of rotatable bonds is 5. The Hall–Kier alpha value is -2.51. The van der Waals surface area contributed by atoms with Crippen molar-refractivity contribution in [2.45, 2.75) is 49.8 Å². The molecular weight excluding hydrogens is 403 g/mol. The van der Waals surface area contributed by atoms with Gasteiger partial charge < -0.3 is 4.42 Å². The van der Waals surface area contributed by atoms with Crippen LogP contribution in [0.15, 0.2) is 57.8 Å². The minimum Gasteiger partial charge on any atom is -0.440 e. The fourth-order valence-corrected chi connectivity index (χ4v) is 4.68. The minimum absolute atomic E-state index is 0.0323. The Balaban J connectivity index is 1.77. The van der Waals surface area contributed by atoms with Crippen molar-refractivity contribution in [2.75, 3.05) is 0 Å². The maximum Gasteiger partial charge on any atom is 0.238 e. The van der Waals surface area contributed by atoms with Crippen LogP contribution in [0.3, 0.4) is 0 Å². The molecule has 3 aromatic rings. The molecule has 5 nitrogen and oxygen atoms in total. The Kier molecular flexibility index (Phi) is 5.75. The molecule has 0 saturated heterocycles. The summed E-state index contributed by atoms with van der Waals surface area (Å²) in [5, 5.41) is 5.21. The number of halogens is 1. The van der Waals surface area contributed by atoms with Crippen molar-refractivity contribution in [3.63, 3.8) is 0 Å². The molecule has 0 bridgehead atoms. The van der Waals surface area contributed by atoms with Crippen LogP contribution >= 0.6 is 0 Å². The molecule has 1 unspecified atom stereocenters. The van der Waals surface area contributed by atoms with Gasteiger partial charge in [-0.2, -0.15) is 0 Å². The zero-order chi connectivity index (χ0) is 21.3. The van der Waals surface area contributed by atoms with Gasteiger partial charge in [0.15, 0.2) is 11.7 Å². The molecule has 2 aromatic carbocycles. The lowest BCUT2D eigenvalue weighted by Crippen LogP contribution is -2.14. The second kappa shape index (κ2) is 8.32. The molecule has 1 atom stereocenters. The fourth-order valence-electron chi connectivity index (χ4n) is 4.16. The maximum absolute atomic E-state index is 13.4. The van der Waals surface area contributed by atoms with Crippen LogP contribution in [-0.2, 0) is 10.0 Å². The van der Waals surface area contributed by atoms with Crippen LogP contribution in [0.25, 0.3) is 22.6 Å². The standard InChI is InChI=1S/C23H25FN2O3S/c1-15(16-5-3-2-4-6-16)23-26-21(17-7-11-19(24)12-8-17)22(29-23)18-9-13-20(14-10-18)30(25,27)28/h7-16H,2-6H2,1H3,(H2,25,27,28). The van der Waals surface area contributed by atoms with E-state index in [0.717, 1.165) is 18.4 Å². The molecule has 1 saturated carbocycles. The van der Waals surface area contributed by atoms with E-state index in [0.29, 0.717) is 28.8 Å². The number of nitrogens with two attached hydrogens (primary N) is 1. The van der Waals surface area contributed by atoms with Gasteiger partial charge in [-0.3, -0.25) is 0 Å². The predicted octanol–water partition coefficient (Wildman–Crippen LogP) is 5.48. The monoisotopic (exact) mass is 428 g/mol. The molecule has 1 heterocycles. The van der Waals surface area contributed by atoms with E-state index in [2.05, 4.69) is 6.92 Å². The minimum atomic E-state index is -3.78. The van der Waals surface area contributed by atoms with Crippen molar-refractivity contribution < 1.29 is 17.2 Å². The number of benzene rings is 2. The topological polar surface area (TPSA) is 86.2 Å². The number of sulfonamides is 1. The van der Waals surface area contributed by atoms with Crippen molar-refractivity contribution in [3.05, 3.63) is 60.2 Å². The summed E-state index contributed by atoms with van der Waals surface area (Å²) >= 11 is 0. The van der Waals surface area contributed by atoms with E-state index in [9.17, 15) is 12.8 Å². The summed E-state index contributed by atoms with van der Waals surface area (Å²) in [6, 6.07) is 12.3. The summed E-state index contributed by atoms with van der Waals surface area (Å²) < 4.78 is 42.8. The second-order valence-electron chi connectivity index (χ2n) is 7.99. The summed E-state index contributed by atoms with van der Waals surface area (Å²) in [7, 11) is -3.78. The van der Waals surface area contributed by atoms with Gasteiger partial charge in [-0.15, -0.1) is 0 Å². The van der Waals surface area contributed by atoms with Crippen LogP contribution in [0.1, 0.15) is 50.8 Å². The third-order valence-electron chi connectivity index (χ3n) is 5.95. The molecule has 1 aliphatic rings. The number of primary sulfonamides is 1. The van der Waals surface area contributed by atoms with Gasteiger partial charge in [0.2, 0.25) is 10.0 Å². The molecular formula is C23H25FN2O3S. The van der Waals surface area contributed by atoms with Crippen LogP contribution < -0.4 is 5.14 Å². The molecule has 0 spiro atoms. The van der Waals surface area contributed by atoms with Gasteiger partial charge in [0.05, 0.1) is 4.90 Å². The summed E-state index contributed by atoms with van der Waals surface area (Å²) in [4.78, 5) is 4.83. The van der Waals surface area contributed by atoms with Gasteiger partial charge in [0.1, 0.15) is 11.5 Å². The predicted molar refractivity (Wildman–Crippen MR) is 114 cm³/mol. The van der Waals surface area contributed by atoms with E-state index in [1.54, 1.807) is 24.3 Å². The smallest absolute Gasteiger partial charge is 0.238 e. The van der Waals surface area contributed by atoms with Crippen LogP contribution in [-0.4, -0.2) is 13.4 Å². The molecule has 7 heteroatoms. The Morgan fingerprint density at radius 3 is 2.20 bits per heavy atom. The first kappa shape index (κ1) is 20.8. The SMILES string of the molecule is CC(c1nc(-c2ccc(F)cc2)c(-c2ccc(S(N)(=O)=O)cc2)o1)C1CCCCC1. The summed E-state index contributed by atoms with van der Waals surface area (Å²) in [6.45, 7) is 2.14. The van der Waals surface area contributed by atoms with Gasteiger partial charge in [0, 0.05) is 17.0 Å². The number of aromatic nitrogens is 1. The molecule has 0 radical (unpaired) electrons. The van der Waals surface area contributed by atoms with E-state index in [1.807, 2.05) is 0 Å². The van der Waals surface area contributed by atoms with Gasteiger partial charge in [-0.1, -0.05) is 26.2 Å². The zero-order valence-corrected chi connectivity index (χ0v) is 17.7. The van der Waals surface area contributed by atoms with Gasteiger partial charge >= 0.3 is 0 Å². The Morgan fingerprint density at radius 2 is 1.60 bits per heavy atom. The molecule has 158 valence electrons. The lowest BCUT2D eigenvalue weighted by molar-refractivity contribution is 0.284. The highest BCUT2D eigenvalue weighted by Gasteiger charge is 2.27. The van der Waals surface area contributed by atoms with Gasteiger partial charge in [-0.25, -0.2) is 22.9 Å². The summed E-state index contributed by atoms with van der Waals surface area (Å²) in [6.07, 6.45) is 6.05. The molecule has 0 amide bonds. The van der Waals surface area contributed by atoms with Gasteiger partial charge in [-0.05, 0) is 67.3 Å². The lowest BCUT2D eigenvalue weighted by atomic mass is 9.81. The summed E-state index contributed by atoms with van der Waals surface area (Å²) in [5.41, 5.74) is 2.06. The van der Waals surface area contributed by atoms with E-state index >= 15 is 0 Å². The second-order valence-corrected chi connectivity index (χ2v) is 9.55. The third-order valence-corrected chi connectivity index (χ3v) is 6.88. The Labute approximate surface area is 176 Å². The highest BCUT2D eigenvalue weighted by Crippen LogP contribution is 2.40. The van der Waals surface area contributed by atoms with Crippen molar-refractivity contribution >= 4 is 10.0 Å². The van der Waals surface area contributed by atoms with Crippen molar-refractivity contribution in [1.82, 2.24) is 4.98 Å². The van der Waals surface area contributed by atoms with Crippen molar-refractivity contribution in [3.8, 4) is 22.6 Å². The third kappa shape index (κ3) is 4.32. The first-order chi connectivity index (χ1) is 14.3. The number of oxazole rings is 1. The lowest BCUT2D eigenvalue weighted by Gasteiger charge is -2.25. The van der Waals surface area contributed by atoms with Crippen LogP contribution in [0.2, 0.25) is 0 Å². The molecule has 1 aliphatic carbocycles. The molecule has 4 rings (SSSR count). The Morgan fingerprint density at radius 1 is 1.00 bits per heavy atom. The number of hydrogen-bond donors (Lipinski definition) is 1. The van der Waals surface area contributed by atoms with E-state index in [4.69, 9.17) is 14.5 Å².